The van der Waals surface area contributed by atoms with Crippen LogP contribution in [0.1, 0.15) is 24.2 Å². The number of primary amides is 1. The number of nitrogens with two attached hydrogens (primary N) is 2. The van der Waals surface area contributed by atoms with Crippen LogP contribution in [-0.2, 0) is 4.79 Å². The highest BCUT2D eigenvalue weighted by molar-refractivity contribution is 7.99. The van der Waals surface area contributed by atoms with Crippen LogP contribution in [0.15, 0.2) is 11.2 Å². The maximum atomic E-state index is 11.5. The van der Waals surface area contributed by atoms with Gasteiger partial charge in [0.05, 0.1) is 0 Å². The lowest BCUT2D eigenvalue weighted by atomic mass is 9.96. The van der Waals surface area contributed by atoms with Gasteiger partial charge in [0, 0.05) is 17.1 Å². The van der Waals surface area contributed by atoms with E-state index in [1.54, 1.807) is 0 Å². The third-order valence-electron chi connectivity index (χ3n) is 3.17. The number of hydrogen-bond acceptors (Lipinski definition) is 5. The van der Waals surface area contributed by atoms with Gasteiger partial charge in [-0.15, -0.1) is 0 Å². The van der Waals surface area contributed by atoms with Gasteiger partial charge in [-0.05, 0) is 38.7 Å². The molecule has 1 saturated carbocycles. The number of aryl methyl sites for hydroxylation is 2. The summed E-state index contributed by atoms with van der Waals surface area (Å²) in [7, 11) is 0. The molecule has 1 unspecified atom stereocenters. The van der Waals surface area contributed by atoms with E-state index in [1.165, 1.54) is 11.8 Å². The van der Waals surface area contributed by atoms with Crippen LogP contribution < -0.4 is 11.5 Å². The highest BCUT2D eigenvalue weighted by Crippen LogP contribution is 2.40. The zero-order valence-electron chi connectivity index (χ0n) is 10.6. The summed E-state index contributed by atoms with van der Waals surface area (Å²) in [5.41, 5.74) is 12.4. The van der Waals surface area contributed by atoms with E-state index >= 15 is 0 Å². The number of carbonyl (C=O) groups excluding carboxylic acids is 1. The molecule has 1 atom stereocenters. The van der Waals surface area contributed by atoms with Gasteiger partial charge in [0.15, 0.2) is 5.16 Å². The molecule has 1 amide bonds. The van der Waals surface area contributed by atoms with Crippen molar-refractivity contribution in [3.05, 3.63) is 17.5 Å². The Morgan fingerprint density at radius 3 is 2.44 bits per heavy atom. The van der Waals surface area contributed by atoms with E-state index in [2.05, 4.69) is 9.97 Å². The molecule has 1 aromatic heterocycles. The van der Waals surface area contributed by atoms with Gasteiger partial charge in [0.25, 0.3) is 0 Å². The smallest absolute Gasteiger partial charge is 0.238 e. The molecular formula is C12H18N4OS. The Bertz CT molecular complexity index is 455. The Kier molecular flexibility index (Phi) is 3.59. The lowest BCUT2D eigenvalue weighted by Gasteiger charge is -2.24. The molecule has 2 rings (SSSR count). The molecule has 0 saturated heterocycles. The average Bonchev–Trinajstić information content (AvgIpc) is 3.08. The first-order valence-corrected chi connectivity index (χ1v) is 6.94. The minimum absolute atomic E-state index is 0.216. The van der Waals surface area contributed by atoms with E-state index in [4.69, 9.17) is 11.5 Å². The molecule has 1 fully saturated rings. The molecule has 98 valence electrons. The van der Waals surface area contributed by atoms with Crippen LogP contribution in [0.5, 0.6) is 0 Å². The molecule has 1 aromatic rings. The number of hydrogen-bond donors (Lipinski definition) is 2. The number of rotatable bonds is 5. The predicted octanol–water partition coefficient (Wildman–Crippen LogP) is 0.778. The fraction of sp³-hybridized carbons (Fsp3) is 0.583. The Morgan fingerprint density at radius 2 is 2.00 bits per heavy atom. The van der Waals surface area contributed by atoms with E-state index < -0.39 is 11.4 Å². The van der Waals surface area contributed by atoms with Crippen LogP contribution in [-0.4, -0.2) is 27.2 Å². The summed E-state index contributed by atoms with van der Waals surface area (Å²) >= 11 is 1.40. The van der Waals surface area contributed by atoms with Gasteiger partial charge in [-0.25, -0.2) is 9.97 Å². The molecule has 1 heterocycles. The van der Waals surface area contributed by atoms with Crippen molar-refractivity contribution in [1.82, 2.24) is 9.97 Å². The summed E-state index contributed by atoms with van der Waals surface area (Å²) in [4.78, 5) is 20.1. The van der Waals surface area contributed by atoms with E-state index in [9.17, 15) is 4.79 Å². The Labute approximate surface area is 111 Å². The highest BCUT2D eigenvalue weighted by Gasteiger charge is 2.46. The summed E-state index contributed by atoms with van der Waals surface area (Å²) in [6.07, 6.45) is 1.96. The van der Waals surface area contributed by atoms with Crippen molar-refractivity contribution in [3.8, 4) is 0 Å². The summed E-state index contributed by atoms with van der Waals surface area (Å²) in [6.45, 7) is 3.84. The van der Waals surface area contributed by atoms with Crippen molar-refractivity contribution in [1.29, 1.82) is 0 Å². The largest absolute Gasteiger partial charge is 0.368 e. The van der Waals surface area contributed by atoms with Crippen LogP contribution in [0.4, 0.5) is 0 Å². The lowest BCUT2D eigenvalue weighted by molar-refractivity contribution is -0.123. The molecule has 1 aliphatic rings. The van der Waals surface area contributed by atoms with Crippen LogP contribution in [0, 0.1) is 19.8 Å². The zero-order chi connectivity index (χ0) is 13.3. The molecule has 6 heteroatoms. The quantitative estimate of drug-likeness (QED) is 0.606. The third-order valence-corrected chi connectivity index (χ3v) is 4.23. The summed E-state index contributed by atoms with van der Waals surface area (Å²) in [5.74, 6) is 0.228. The van der Waals surface area contributed by atoms with E-state index in [0.717, 1.165) is 24.2 Å². The second-order valence-corrected chi connectivity index (χ2v) is 5.84. The molecule has 0 bridgehead atoms. The number of carbonyl (C=O) groups is 1. The van der Waals surface area contributed by atoms with E-state index in [0.29, 0.717) is 10.9 Å². The van der Waals surface area contributed by atoms with Crippen molar-refractivity contribution in [3.63, 3.8) is 0 Å². The Hall–Kier alpha value is -1.14. The molecule has 0 aliphatic heterocycles. The van der Waals surface area contributed by atoms with Crippen molar-refractivity contribution in [2.75, 3.05) is 5.75 Å². The van der Waals surface area contributed by atoms with Gasteiger partial charge in [0.2, 0.25) is 5.91 Å². The van der Waals surface area contributed by atoms with Gasteiger partial charge >= 0.3 is 0 Å². The summed E-state index contributed by atoms with van der Waals surface area (Å²) in [5, 5.41) is 0.657. The molecule has 0 aromatic carbocycles. The Balaban J connectivity index is 2.07. The molecule has 0 radical (unpaired) electrons. The number of amides is 1. The normalized spacial score (nSPS) is 18.4. The second kappa shape index (κ2) is 4.85. The zero-order valence-corrected chi connectivity index (χ0v) is 11.5. The van der Waals surface area contributed by atoms with Crippen molar-refractivity contribution >= 4 is 17.7 Å². The SMILES string of the molecule is Cc1cc(C)nc(SCC(N)(C(N)=O)C2CC2)n1. The first kappa shape index (κ1) is 13.3. The number of aromatic nitrogens is 2. The molecule has 1 aliphatic carbocycles. The number of thioether (sulfide) groups is 1. The summed E-state index contributed by atoms with van der Waals surface area (Å²) in [6, 6.07) is 1.91. The Morgan fingerprint density at radius 1 is 1.44 bits per heavy atom. The maximum Gasteiger partial charge on any atom is 0.238 e. The maximum absolute atomic E-state index is 11.5. The summed E-state index contributed by atoms with van der Waals surface area (Å²) < 4.78 is 0. The van der Waals surface area contributed by atoms with Crippen LogP contribution in [0.3, 0.4) is 0 Å². The number of nitrogens with zero attached hydrogens (tertiary/aromatic N) is 2. The van der Waals surface area contributed by atoms with Crippen molar-refractivity contribution in [2.45, 2.75) is 37.4 Å². The predicted molar refractivity (Wildman–Crippen MR) is 71.1 cm³/mol. The first-order valence-electron chi connectivity index (χ1n) is 5.95. The van der Waals surface area contributed by atoms with Gasteiger partial charge < -0.3 is 11.5 Å². The van der Waals surface area contributed by atoms with Crippen LogP contribution >= 0.6 is 11.8 Å². The van der Waals surface area contributed by atoms with Gasteiger partial charge in [-0.2, -0.15) is 0 Å². The molecule has 0 spiro atoms. The van der Waals surface area contributed by atoms with Crippen LogP contribution in [0.25, 0.3) is 0 Å². The molecule has 4 N–H and O–H groups in total. The highest BCUT2D eigenvalue weighted by atomic mass is 32.2. The first-order chi connectivity index (χ1) is 8.41. The monoisotopic (exact) mass is 266 g/mol. The molecule has 18 heavy (non-hydrogen) atoms. The third kappa shape index (κ3) is 2.81. The van der Waals surface area contributed by atoms with E-state index in [-0.39, 0.29) is 5.92 Å². The van der Waals surface area contributed by atoms with Crippen molar-refractivity contribution in [2.24, 2.45) is 17.4 Å². The topological polar surface area (TPSA) is 94.9 Å². The van der Waals surface area contributed by atoms with E-state index in [1.807, 2.05) is 19.9 Å². The van der Waals surface area contributed by atoms with Gasteiger partial charge in [-0.1, -0.05) is 11.8 Å². The fourth-order valence-corrected chi connectivity index (χ4v) is 3.09. The second-order valence-electron chi connectivity index (χ2n) is 4.90. The van der Waals surface area contributed by atoms with Gasteiger partial charge in [-0.3, -0.25) is 4.79 Å². The minimum Gasteiger partial charge on any atom is -0.368 e. The van der Waals surface area contributed by atoms with Crippen LogP contribution in [0.2, 0.25) is 0 Å². The average molecular weight is 266 g/mol. The fourth-order valence-electron chi connectivity index (χ4n) is 1.93. The molecular weight excluding hydrogens is 248 g/mol. The standard InChI is InChI=1S/C12H18N4OS/c1-7-5-8(2)16-11(15-7)18-6-12(14,10(13)17)9-3-4-9/h5,9H,3-4,6,14H2,1-2H3,(H2,13,17). The molecule has 5 nitrogen and oxygen atoms in total. The van der Waals surface area contributed by atoms with Crippen molar-refractivity contribution < 1.29 is 4.79 Å². The lowest BCUT2D eigenvalue weighted by Crippen LogP contribution is -2.56. The minimum atomic E-state index is -0.925. The van der Waals surface area contributed by atoms with Gasteiger partial charge in [0.1, 0.15) is 5.54 Å².